The van der Waals surface area contributed by atoms with Crippen LogP contribution in [0.1, 0.15) is 361 Å². The average molecular weight is 1120 g/mol. The maximum atomic E-state index is 12.9. The zero-order chi connectivity index (χ0) is 57.8. The molecule has 0 rings (SSSR count). The number of rotatable bonds is 64. The predicted octanol–water partition coefficient (Wildman–Crippen LogP) is 24.1. The minimum absolute atomic E-state index is 0.0681. The van der Waals surface area contributed by atoms with Crippen LogP contribution in [-0.2, 0) is 28.6 Å². The van der Waals surface area contributed by atoms with Crippen LogP contribution in [0.3, 0.4) is 0 Å². The smallest absolute Gasteiger partial charge is 0.306 e. The van der Waals surface area contributed by atoms with E-state index in [9.17, 15) is 14.4 Å². The summed E-state index contributed by atoms with van der Waals surface area (Å²) in [5.41, 5.74) is 0. The molecule has 0 aromatic heterocycles. The highest BCUT2D eigenvalue weighted by Gasteiger charge is 2.19. The first-order valence-corrected chi connectivity index (χ1v) is 34.9. The van der Waals surface area contributed by atoms with Gasteiger partial charge >= 0.3 is 17.9 Å². The number of unbranched alkanes of at least 4 members (excludes halogenated alkanes) is 41. The highest BCUT2D eigenvalue weighted by Crippen LogP contribution is 2.18. The van der Waals surface area contributed by atoms with Crippen molar-refractivity contribution in [1.29, 1.82) is 0 Å². The second kappa shape index (κ2) is 68.3. The molecule has 0 N–H and O–H groups in total. The number of ether oxygens (including phenoxy) is 3. The second-order valence-electron chi connectivity index (χ2n) is 23.4. The molecule has 464 valence electrons. The lowest BCUT2D eigenvalue weighted by Crippen LogP contribution is -2.30. The van der Waals surface area contributed by atoms with E-state index < -0.39 is 6.10 Å². The number of allylic oxidation sites excluding steroid dienone is 12. The molecule has 0 saturated heterocycles. The van der Waals surface area contributed by atoms with Crippen molar-refractivity contribution in [1.82, 2.24) is 0 Å². The fourth-order valence-corrected chi connectivity index (χ4v) is 10.3. The van der Waals surface area contributed by atoms with Crippen LogP contribution in [0.5, 0.6) is 0 Å². The molecule has 0 bridgehead atoms. The number of esters is 3. The normalized spacial score (nSPS) is 12.5. The first-order chi connectivity index (χ1) is 39.5. The van der Waals surface area contributed by atoms with Gasteiger partial charge in [-0.2, -0.15) is 0 Å². The molecule has 0 aliphatic rings. The quantitative estimate of drug-likeness (QED) is 0.0261. The molecule has 1 unspecified atom stereocenters. The minimum Gasteiger partial charge on any atom is -0.462 e. The third-order valence-electron chi connectivity index (χ3n) is 15.5. The third-order valence-corrected chi connectivity index (χ3v) is 15.5. The van der Waals surface area contributed by atoms with Gasteiger partial charge in [0.1, 0.15) is 13.2 Å². The van der Waals surface area contributed by atoms with Gasteiger partial charge in [-0.25, -0.2) is 0 Å². The van der Waals surface area contributed by atoms with E-state index in [1.54, 1.807) is 0 Å². The summed E-state index contributed by atoms with van der Waals surface area (Å²) < 4.78 is 17.0. The first-order valence-electron chi connectivity index (χ1n) is 34.9. The van der Waals surface area contributed by atoms with E-state index in [-0.39, 0.29) is 31.1 Å². The van der Waals surface area contributed by atoms with Gasteiger partial charge in [-0.3, -0.25) is 14.4 Å². The Hall–Kier alpha value is -3.15. The van der Waals surface area contributed by atoms with E-state index in [0.717, 1.165) is 96.3 Å². The Kier molecular flexibility index (Phi) is 65.7. The van der Waals surface area contributed by atoms with E-state index >= 15 is 0 Å². The van der Waals surface area contributed by atoms with E-state index in [0.29, 0.717) is 19.3 Å². The zero-order valence-electron chi connectivity index (χ0n) is 53.3. The van der Waals surface area contributed by atoms with Gasteiger partial charge in [-0.1, -0.05) is 344 Å². The molecule has 0 heterocycles. The van der Waals surface area contributed by atoms with Crippen LogP contribution in [0.2, 0.25) is 0 Å². The molecular weight excluding hydrogens is 985 g/mol. The summed E-state index contributed by atoms with van der Waals surface area (Å²) in [7, 11) is 0. The molecule has 0 amide bonds. The van der Waals surface area contributed by atoms with Crippen LogP contribution in [0, 0.1) is 0 Å². The van der Waals surface area contributed by atoms with Crippen LogP contribution in [0.25, 0.3) is 0 Å². The number of hydrogen-bond donors (Lipinski definition) is 0. The Bertz CT molecular complexity index is 1470. The van der Waals surface area contributed by atoms with E-state index in [4.69, 9.17) is 14.2 Å². The summed E-state index contributed by atoms with van der Waals surface area (Å²) in [6, 6.07) is 0. The van der Waals surface area contributed by atoms with Crippen LogP contribution >= 0.6 is 0 Å². The van der Waals surface area contributed by atoms with Crippen LogP contribution in [0.4, 0.5) is 0 Å². The van der Waals surface area contributed by atoms with Crippen molar-refractivity contribution in [2.75, 3.05) is 13.2 Å². The molecule has 1 atom stereocenters. The molecule has 0 aromatic carbocycles. The SMILES string of the molecule is CC/C=C\C/C=C\C/C=C\C/C=C\C/C=C\C/C=C\CCCCCCCCCCCCCCCCC(=O)OCC(COC(=O)CCCCCCCCCCCCC)OC(=O)CCCCCCCCCCCCCCCCCCCC. The van der Waals surface area contributed by atoms with Crippen molar-refractivity contribution in [3.05, 3.63) is 72.9 Å². The summed E-state index contributed by atoms with van der Waals surface area (Å²) in [6.07, 6.45) is 89.3. The number of carbonyl (C=O) groups excluding carboxylic acids is 3. The van der Waals surface area contributed by atoms with Crippen molar-refractivity contribution >= 4 is 17.9 Å². The minimum atomic E-state index is -0.770. The van der Waals surface area contributed by atoms with E-state index in [1.807, 2.05) is 0 Å². The Balaban J connectivity index is 4.14. The monoisotopic (exact) mass is 1120 g/mol. The Morgan fingerprint density at radius 2 is 0.487 bits per heavy atom. The fourth-order valence-electron chi connectivity index (χ4n) is 10.3. The lowest BCUT2D eigenvalue weighted by molar-refractivity contribution is -0.167. The molecule has 0 aliphatic heterocycles. The zero-order valence-corrected chi connectivity index (χ0v) is 53.3. The van der Waals surface area contributed by atoms with Gasteiger partial charge in [0.2, 0.25) is 0 Å². The van der Waals surface area contributed by atoms with Crippen molar-refractivity contribution in [2.45, 2.75) is 367 Å². The third kappa shape index (κ3) is 65.7. The van der Waals surface area contributed by atoms with Crippen molar-refractivity contribution < 1.29 is 28.6 Å². The lowest BCUT2D eigenvalue weighted by atomic mass is 10.0. The lowest BCUT2D eigenvalue weighted by Gasteiger charge is -2.18. The highest BCUT2D eigenvalue weighted by atomic mass is 16.6. The van der Waals surface area contributed by atoms with Crippen LogP contribution in [0.15, 0.2) is 72.9 Å². The highest BCUT2D eigenvalue weighted by molar-refractivity contribution is 5.71. The molecule has 0 saturated carbocycles. The summed E-state index contributed by atoms with van der Waals surface area (Å²) in [6.45, 7) is 6.57. The summed E-state index contributed by atoms with van der Waals surface area (Å²) in [4.78, 5) is 38.3. The van der Waals surface area contributed by atoms with Gasteiger partial charge in [0.25, 0.3) is 0 Å². The van der Waals surface area contributed by atoms with Gasteiger partial charge in [0, 0.05) is 19.3 Å². The summed E-state index contributed by atoms with van der Waals surface area (Å²) >= 11 is 0. The molecule has 6 nitrogen and oxygen atoms in total. The Morgan fingerprint density at radius 1 is 0.263 bits per heavy atom. The molecule has 0 fully saturated rings. The molecular formula is C74H132O6. The maximum absolute atomic E-state index is 12.9. The Morgan fingerprint density at radius 3 is 0.762 bits per heavy atom. The second-order valence-corrected chi connectivity index (χ2v) is 23.4. The fraction of sp³-hybridized carbons (Fsp3) is 0.797. The molecule has 0 aromatic rings. The molecule has 0 spiro atoms. The van der Waals surface area contributed by atoms with Crippen LogP contribution < -0.4 is 0 Å². The molecule has 0 radical (unpaired) electrons. The maximum Gasteiger partial charge on any atom is 0.306 e. The molecule has 0 aliphatic carbocycles. The van der Waals surface area contributed by atoms with Gasteiger partial charge in [-0.15, -0.1) is 0 Å². The van der Waals surface area contributed by atoms with Crippen molar-refractivity contribution in [3.8, 4) is 0 Å². The number of carbonyl (C=O) groups is 3. The Labute approximate surface area is 497 Å². The molecule has 6 heteroatoms. The van der Waals surface area contributed by atoms with Crippen molar-refractivity contribution in [3.63, 3.8) is 0 Å². The van der Waals surface area contributed by atoms with Gasteiger partial charge < -0.3 is 14.2 Å². The number of hydrogen-bond acceptors (Lipinski definition) is 6. The van der Waals surface area contributed by atoms with E-state index in [1.165, 1.54) is 225 Å². The van der Waals surface area contributed by atoms with Gasteiger partial charge in [0.15, 0.2) is 6.10 Å². The average Bonchev–Trinajstić information content (AvgIpc) is 3.46. The summed E-state index contributed by atoms with van der Waals surface area (Å²) in [5.74, 6) is -0.846. The van der Waals surface area contributed by atoms with Crippen LogP contribution in [-0.4, -0.2) is 37.2 Å². The largest absolute Gasteiger partial charge is 0.462 e. The summed E-state index contributed by atoms with van der Waals surface area (Å²) in [5, 5.41) is 0. The molecule has 80 heavy (non-hydrogen) atoms. The van der Waals surface area contributed by atoms with Crippen molar-refractivity contribution in [2.24, 2.45) is 0 Å². The predicted molar refractivity (Wildman–Crippen MR) is 348 cm³/mol. The van der Waals surface area contributed by atoms with E-state index in [2.05, 4.69) is 93.7 Å². The first kappa shape index (κ1) is 76.9. The standard InChI is InChI=1S/C74H132O6/c1-4-7-10-13-16-19-22-24-26-28-30-31-32-33-34-35-36-37-38-39-40-41-42-43-44-46-47-49-52-55-58-61-64-67-73(76)79-70-71(69-78-72(75)66-63-60-57-54-51-21-18-15-12-9-6-3)80-74(77)68-65-62-59-56-53-50-48-45-29-27-25-23-20-17-14-11-8-5-2/h7,10,16,19,24,26,30-31,33-34,36-37,71H,4-6,8-9,11-15,17-18,20-23,25,27-29,32,35,38-70H2,1-3H3/b10-7-,19-16-,26-24-,31-30-,34-33-,37-36-. The van der Waals surface area contributed by atoms with Gasteiger partial charge in [-0.05, 0) is 70.6 Å². The van der Waals surface area contributed by atoms with Gasteiger partial charge in [0.05, 0.1) is 0 Å². The topological polar surface area (TPSA) is 78.9 Å².